The van der Waals surface area contributed by atoms with Crippen molar-refractivity contribution in [3.63, 3.8) is 0 Å². The molecule has 0 spiro atoms. The van der Waals surface area contributed by atoms with Gasteiger partial charge in [0.15, 0.2) is 5.69 Å². The molecule has 0 unspecified atom stereocenters. The summed E-state index contributed by atoms with van der Waals surface area (Å²) in [6.45, 7) is 6.67. The van der Waals surface area contributed by atoms with Crippen LogP contribution in [0.15, 0.2) is 42.5 Å². The van der Waals surface area contributed by atoms with Crippen molar-refractivity contribution in [2.75, 3.05) is 19.0 Å². The van der Waals surface area contributed by atoms with E-state index < -0.39 is 5.97 Å². The molecule has 1 aromatic heterocycles. The van der Waals surface area contributed by atoms with Crippen molar-refractivity contribution in [1.82, 2.24) is 4.98 Å². The third kappa shape index (κ3) is 3.61. The van der Waals surface area contributed by atoms with Crippen LogP contribution < -0.4 is 10.1 Å². The van der Waals surface area contributed by atoms with Crippen molar-refractivity contribution >= 4 is 28.2 Å². The van der Waals surface area contributed by atoms with Gasteiger partial charge >= 0.3 is 5.97 Å². The maximum atomic E-state index is 12.0. The van der Waals surface area contributed by atoms with Gasteiger partial charge in [0.2, 0.25) is 0 Å². The Labute approximate surface area is 153 Å². The molecule has 0 aliphatic heterocycles. The molecular formula is C21H22N2O3. The minimum Gasteiger partial charge on any atom is -0.494 e. The van der Waals surface area contributed by atoms with Crippen LogP contribution in [0.25, 0.3) is 10.9 Å². The number of hydrogen-bond acceptors (Lipinski definition) is 5. The summed E-state index contributed by atoms with van der Waals surface area (Å²) in [6.07, 6.45) is 0. The van der Waals surface area contributed by atoms with Gasteiger partial charge in [0.25, 0.3) is 0 Å². The lowest BCUT2D eigenvalue weighted by Gasteiger charge is -2.14. The van der Waals surface area contributed by atoms with E-state index in [1.807, 2.05) is 31.2 Å². The molecule has 0 aliphatic rings. The van der Waals surface area contributed by atoms with E-state index in [4.69, 9.17) is 9.47 Å². The summed E-state index contributed by atoms with van der Waals surface area (Å²) in [6, 6.07) is 13.5. The standard InChI is InChI=1S/C21H22N2O3/c1-5-26-16-8-9-18-17(11-16)19(12-20(23-18)21(24)25-4)22-15-7-6-13(2)14(3)10-15/h6-12H,5H2,1-4H3,(H,22,23). The SMILES string of the molecule is CCOc1ccc2nc(C(=O)OC)cc(Nc3ccc(C)c(C)c3)c2c1. The number of nitrogens with one attached hydrogen (secondary N) is 1. The molecule has 0 saturated heterocycles. The molecule has 0 fully saturated rings. The number of methoxy groups -OCH3 is 1. The van der Waals surface area contributed by atoms with E-state index in [1.165, 1.54) is 18.2 Å². The zero-order chi connectivity index (χ0) is 18.7. The first-order chi connectivity index (χ1) is 12.5. The third-order valence-electron chi connectivity index (χ3n) is 4.27. The predicted octanol–water partition coefficient (Wildman–Crippen LogP) is 4.78. The van der Waals surface area contributed by atoms with Crippen LogP contribution in [0.5, 0.6) is 5.75 Å². The Morgan fingerprint density at radius 2 is 1.88 bits per heavy atom. The lowest BCUT2D eigenvalue weighted by atomic mass is 10.1. The van der Waals surface area contributed by atoms with Crippen LogP contribution in [0.4, 0.5) is 11.4 Å². The Kier molecular flexibility index (Phi) is 5.07. The van der Waals surface area contributed by atoms with E-state index in [1.54, 1.807) is 6.07 Å². The second-order valence-corrected chi connectivity index (χ2v) is 6.08. The summed E-state index contributed by atoms with van der Waals surface area (Å²) in [4.78, 5) is 16.4. The van der Waals surface area contributed by atoms with Gasteiger partial charge in [0.05, 0.1) is 24.9 Å². The van der Waals surface area contributed by atoms with E-state index in [2.05, 4.69) is 36.3 Å². The number of carbonyl (C=O) groups excluding carboxylic acids is 1. The fraction of sp³-hybridized carbons (Fsp3) is 0.238. The number of aryl methyl sites for hydroxylation is 2. The Morgan fingerprint density at radius 1 is 1.08 bits per heavy atom. The topological polar surface area (TPSA) is 60.5 Å². The van der Waals surface area contributed by atoms with Crippen LogP contribution in [0, 0.1) is 13.8 Å². The molecule has 0 saturated carbocycles. The van der Waals surface area contributed by atoms with Gasteiger partial charge in [-0.2, -0.15) is 0 Å². The highest BCUT2D eigenvalue weighted by Crippen LogP contribution is 2.30. The van der Waals surface area contributed by atoms with Crippen molar-refractivity contribution in [2.45, 2.75) is 20.8 Å². The monoisotopic (exact) mass is 350 g/mol. The Balaban J connectivity index is 2.13. The van der Waals surface area contributed by atoms with E-state index in [0.29, 0.717) is 12.1 Å². The average molecular weight is 350 g/mol. The lowest BCUT2D eigenvalue weighted by molar-refractivity contribution is 0.0594. The van der Waals surface area contributed by atoms with E-state index in [9.17, 15) is 4.79 Å². The zero-order valence-corrected chi connectivity index (χ0v) is 15.4. The second kappa shape index (κ2) is 7.44. The van der Waals surface area contributed by atoms with Crippen LogP contribution in [-0.4, -0.2) is 24.7 Å². The summed E-state index contributed by atoms with van der Waals surface area (Å²) in [5, 5.41) is 4.28. The number of fused-ring (bicyclic) bond motifs is 1. The third-order valence-corrected chi connectivity index (χ3v) is 4.27. The highest BCUT2D eigenvalue weighted by atomic mass is 16.5. The number of pyridine rings is 1. The molecular weight excluding hydrogens is 328 g/mol. The number of benzene rings is 2. The molecule has 0 radical (unpaired) electrons. The number of anilines is 2. The molecule has 0 bridgehead atoms. The number of carbonyl (C=O) groups is 1. The van der Waals surface area contributed by atoms with E-state index in [0.717, 1.165) is 22.5 Å². The quantitative estimate of drug-likeness (QED) is 0.671. The Hall–Kier alpha value is -3.08. The van der Waals surface area contributed by atoms with Gasteiger partial charge in [-0.05, 0) is 68.3 Å². The summed E-state index contributed by atoms with van der Waals surface area (Å²) in [7, 11) is 1.35. The van der Waals surface area contributed by atoms with Crippen molar-refractivity contribution < 1.29 is 14.3 Å². The first-order valence-electron chi connectivity index (χ1n) is 8.52. The van der Waals surface area contributed by atoms with Crippen molar-refractivity contribution in [1.29, 1.82) is 0 Å². The van der Waals surface area contributed by atoms with Gasteiger partial charge in [-0.25, -0.2) is 9.78 Å². The average Bonchev–Trinajstić information content (AvgIpc) is 2.64. The van der Waals surface area contributed by atoms with Gasteiger partial charge in [-0.3, -0.25) is 0 Å². The summed E-state index contributed by atoms with van der Waals surface area (Å²) >= 11 is 0. The molecule has 1 N–H and O–H groups in total. The molecule has 0 aliphatic carbocycles. The maximum absolute atomic E-state index is 12.0. The summed E-state index contributed by atoms with van der Waals surface area (Å²) < 4.78 is 10.4. The minimum atomic E-state index is -0.469. The zero-order valence-electron chi connectivity index (χ0n) is 15.4. The molecule has 5 nitrogen and oxygen atoms in total. The van der Waals surface area contributed by atoms with Gasteiger partial charge in [-0.1, -0.05) is 6.07 Å². The smallest absolute Gasteiger partial charge is 0.356 e. The van der Waals surface area contributed by atoms with E-state index in [-0.39, 0.29) is 5.69 Å². The van der Waals surface area contributed by atoms with Crippen LogP contribution in [0.1, 0.15) is 28.5 Å². The van der Waals surface area contributed by atoms with Crippen molar-refractivity contribution in [3.8, 4) is 5.75 Å². The number of rotatable bonds is 5. The van der Waals surface area contributed by atoms with Crippen LogP contribution >= 0.6 is 0 Å². The van der Waals surface area contributed by atoms with Crippen molar-refractivity contribution in [3.05, 3.63) is 59.3 Å². The van der Waals surface area contributed by atoms with Crippen LogP contribution in [-0.2, 0) is 4.74 Å². The number of esters is 1. The molecule has 3 rings (SSSR count). The Morgan fingerprint density at radius 3 is 2.58 bits per heavy atom. The van der Waals surface area contributed by atoms with Gasteiger partial charge in [-0.15, -0.1) is 0 Å². The van der Waals surface area contributed by atoms with Gasteiger partial charge < -0.3 is 14.8 Å². The molecule has 1 heterocycles. The van der Waals surface area contributed by atoms with Crippen molar-refractivity contribution in [2.24, 2.45) is 0 Å². The second-order valence-electron chi connectivity index (χ2n) is 6.08. The lowest BCUT2D eigenvalue weighted by Crippen LogP contribution is -2.06. The number of aromatic nitrogens is 1. The molecule has 2 aromatic carbocycles. The van der Waals surface area contributed by atoms with Gasteiger partial charge in [0.1, 0.15) is 5.75 Å². The maximum Gasteiger partial charge on any atom is 0.356 e. The number of hydrogen-bond donors (Lipinski definition) is 1. The molecule has 5 heteroatoms. The normalized spacial score (nSPS) is 10.6. The van der Waals surface area contributed by atoms with Gasteiger partial charge in [0, 0.05) is 11.1 Å². The first-order valence-corrected chi connectivity index (χ1v) is 8.52. The fourth-order valence-electron chi connectivity index (χ4n) is 2.75. The minimum absolute atomic E-state index is 0.260. The molecule has 134 valence electrons. The van der Waals surface area contributed by atoms with Crippen LogP contribution in [0.3, 0.4) is 0 Å². The molecule has 3 aromatic rings. The number of ether oxygens (including phenoxy) is 2. The summed E-state index contributed by atoms with van der Waals surface area (Å²) in [5.41, 5.74) is 5.09. The predicted molar refractivity (Wildman–Crippen MR) is 103 cm³/mol. The fourth-order valence-corrected chi connectivity index (χ4v) is 2.75. The summed E-state index contributed by atoms with van der Waals surface area (Å²) in [5.74, 6) is 0.291. The molecule has 26 heavy (non-hydrogen) atoms. The molecule has 0 atom stereocenters. The highest BCUT2D eigenvalue weighted by molar-refractivity contribution is 5.99. The van der Waals surface area contributed by atoms with Crippen LogP contribution in [0.2, 0.25) is 0 Å². The number of nitrogens with zero attached hydrogens (tertiary/aromatic N) is 1. The molecule has 0 amide bonds. The first kappa shape index (κ1) is 17.7. The Bertz CT molecular complexity index is 967. The highest BCUT2D eigenvalue weighted by Gasteiger charge is 2.13. The largest absolute Gasteiger partial charge is 0.494 e. The van der Waals surface area contributed by atoms with E-state index >= 15 is 0 Å².